The van der Waals surface area contributed by atoms with Crippen LogP contribution in [-0.2, 0) is 11.2 Å². The van der Waals surface area contributed by atoms with E-state index in [9.17, 15) is 9.59 Å². The highest BCUT2D eigenvalue weighted by Gasteiger charge is 2.12. The number of rotatable bonds is 4. The Bertz CT molecular complexity index is 402. The second-order valence-corrected chi connectivity index (χ2v) is 4.43. The first kappa shape index (κ1) is 12.4. The molecule has 0 aliphatic rings. The zero-order valence-electron chi connectivity index (χ0n) is 7.67. The van der Waals surface area contributed by atoms with Crippen molar-refractivity contribution in [3.8, 4) is 0 Å². The smallest absolute Gasteiger partial charge is 0.336 e. The molecule has 1 aromatic carbocycles. The number of carboxylic acids is 1. The van der Waals surface area contributed by atoms with Crippen LogP contribution < -0.4 is 0 Å². The molecule has 0 aliphatic heterocycles. The normalized spacial score (nSPS) is 10.0. The van der Waals surface area contributed by atoms with E-state index < -0.39 is 5.97 Å². The number of carboxylic acid groups (broad SMARTS) is 1. The van der Waals surface area contributed by atoms with Gasteiger partial charge in [-0.15, -0.1) is 0 Å². The molecule has 0 aromatic heterocycles. The van der Waals surface area contributed by atoms with Gasteiger partial charge in [0.25, 0.3) is 0 Å². The van der Waals surface area contributed by atoms with Crippen LogP contribution in [0.5, 0.6) is 0 Å². The Balaban J connectivity index is 3.06. The van der Waals surface area contributed by atoms with Gasteiger partial charge >= 0.3 is 5.97 Å². The van der Waals surface area contributed by atoms with Gasteiger partial charge in [-0.25, -0.2) is 4.79 Å². The van der Waals surface area contributed by atoms with Crippen molar-refractivity contribution in [2.45, 2.75) is 6.42 Å². The lowest BCUT2D eigenvalue weighted by Gasteiger charge is -2.04. The molecule has 0 atom stereocenters. The van der Waals surface area contributed by atoms with E-state index in [2.05, 4.69) is 31.9 Å². The van der Waals surface area contributed by atoms with Crippen molar-refractivity contribution >= 4 is 43.6 Å². The van der Waals surface area contributed by atoms with Crippen molar-refractivity contribution in [2.24, 2.45) is 0 Å². The van der Waals surface area contributed by atoms with Gasteiger partial charge in [0, 0.05) is 10.9 Å². The first-order chi connectivity index (χ1) is 7.04. The zero-order valence-corrected chi connectivity index (χ0v) is 10.8. The van der Waals surface area contributed by atoms with Crippen LogP contribution in [0.15, 0.2) is 22.7 Å². The van der Waals surface area contributed by atoms with Crippen molar-refractivity contribution in [3.63, 3.8) is 0 Å². The predicted molar refractivity (Wildman–Crippen MR) is 63.6 cm³/mol. The molecule has 3 nitrogen and oxygen atoms in total. The van der Waals surface area contributed by atoms with Crippen molar-refractivity contribution in [3.05, 3.63) is 33.8 Å². The largest absolute Gasteiger partial charge is 0.478 e. The molecular formula is C10H8Br2O3. The number of Topliss-reactive ketones (excluding diaryl/α,β-unsaturated/α-hetero) is 1. The molecule has 0 unspecified atom stereocenters. The summed E-state index contributed by atoms with van der Waals surface area (Å²) in [7, 11) is 0. The molecule has 0 aliphatic carbocycles. The van der Waals surface area contributed by atoms with Gasteiger partial charge in [-0.2, -0.15) is 0 Å². The highest BCUT2D eigenvalue weighted by molar-refractivity contribution is 9.10. The fourth-order valence-corrected chi connectivity index (χ4v) is 1.72. The van der Waals surface area contributed by atoms with Crippen LogP contribution in [0.2, 0.25) is 0 Å². The van der Waals surface area contributed by atoms with E-state index in [1.54, 1.807) is 12.1 Å². The van der Waals surface area contributed by atoms with Crippen LogP contribution in [0.3, 0.4) is 0 Å². The molecule has 0 saturated heterocycles. The third-order valence-corrected chi connectivity index (χ3v) is 2.96. The van der Waals surface area contributed by atoms with Gasteiger partial charge in [-0.05, 0) is 17.7 Å². The number of aromatic carboxylic acids is 1. The lowest BCUT2D eigenvalue weighted by Crippen LogP contribution is -2.09. The van der Waals surface area contributed by atoms with Crippen molar-refractivity contribution < 1.29 is 14.7 Å². The van der Waals surface area contributed by atoms with Gasteiger partial charge in [-0.1, -0.05) is 37.9 Å². The van der Waals surface area contributed by atoms with Crippen molar-refractivity contribution in [1.82, 2.24) is 0 Å². The Morgan fingerprint density at radius 1 is 1.33 bits per heavy atom. The summed E-state index contributed by atoms with van der Waals surface area (Å²) in [6.07, 6.45) is 0.139. The third-order valence-electron chi connectivity index (χ3n) is 1.84. The quantitative estimate of drug-likeness (QED) is 0.861. The minimum Gasteiger partial charge on any atom is -0.478 e. The van der Waals surface area contributed by atoms with Crippen LogP contribution in [0.25, 0.3) is 0 Å². The maximum absolute atomic E-state index is 11.2. The molecular weight excluding hydrogens is 328 g/mol. The summed E-state index contributed by atoms with van der Waals surface area (Å²) < 4.78 is 0.690. The molecule has 15 heavy (non-hydrogen) atoms. The topological polar surface area (TPSA) is 54.4 Å². The van der Waals surface area contributed by atoms with Gasteiger partial charge < -0.3 is 5.11 Å². The Labute approximate surface area is 104 Å². The van der Waals surface area contributed by atoms with Gasteiger partial charge in [0.2, 0.25) is 0 Å². The highest BCUT2D eigenvalue weighted by atomic mass is 79.9. The van der Waals surface area contributed by atoms with Crippen LogP contribution in [0.4, 0.5) is 0 Å². The summed E-state index contributed by atoms with van der Waals surface area (Å²) in [6.45, 7) is 0. The molecule has 0 spiro atoms. The number of hydrogen-bond donors (Lipinski definition) is 1. The molecule has 0 amide bonds. The van der Waals surface area contributed by atoms with E-state index >= 15 is 0 Å². The van der Waals surface area contributed by atoms with Gasteiger partial charge in [0.15, 0.2) is 0 Å². The fourth-order valence-electron chi connectivity index (χ4n) is 1.16. The maximum atomic E-state index is 11.2. The van der Waals surface area contributed by atoms with E-state index in [0.717, 1.165) is 0 Å². The predicted octanol–water partition coefficient (Wildman–Crippen LogP) is 2.65. The number of carbonyl (C=O) groups is 2. The SMILES string of the molecule is O=C(CBr)Cc1ccc(Br)cc1C(=O)O. The minimum absolute atomic E-state index is 0.0418. The third kappa shape index (κ3) is 3.43. The van der Waals surface area contributed by atoms with Crippen molar-refractivity contribution in [1.29, 1.82) is 0 Å². The Morgan fingerprint density at radius 2 is 2.00 bits per heavy atom. The number of benzene rings is 1. The summed E-state index contributed by atoms with van der Waals surface area (Å²) >= 11 is 6.23. The maximum Gasteiger partial charge on any atom is 0.336 e. The fraction of sp³-hybridized carbons (Fsp3) is 0.200. The summed E-state index contributed by atoms with van der Waals surface area (Å²) in [5.41, 5.74) is 0.703. The average Bonchev–Trinajstić information content (AvgIpc) is 2.20. The highest BCUT2D eigenvalue weighted by Crippen LogP contribution is 2.17. The summed E-state index contributed by atoms with van der Waals surface area (Å²) in [4.78, 5) is 22.1. The number of ketones is 1. The lowest BCUT2D eigenvalue weighted by atomic mass is 10.0. The summed E-state index contributed by atoms with van der Waals surface area (Å²) in [5, 5.41) is 9.17. The Kier molecular flexibility index (Phi) is 4.47. The number of carbonyl (C=O) groups excluding carboxylic acids is 1. The molecule has 1 rings (SSSR count). The number of hydrogen-bond acceptors (Lipinski definition) is 2. The molecule has 0 radical (unpaired) electrons. The standard InChI is InChI=1S/C10H8Br2O3/c11-5-8(13)3-6-1-2-7(12)4-9(6)10(14)15/h1-2,4H,3,5H2,(H,14,15). The first-order valence-electron chi connectivity index (χ1n) is 4.14. The van der Waals surface area contributed by atoms with E-state index in [1.807, 2.05) is 0 Å². The first-order valence-corrected chi connectivity index (χ1v) is 6.05. The second kappa shape index (κ2) is 5.42. The van der Waals surface area contributed by atoms with Crippen LogP contribution in [0, 0.1) is 0 Å². The van der Waals surface area contributed by atoms with Crippen LogP contribution in [0.1, 0.15) is 15.9 Å². The number of alkyl halides is 1. The van der Waals surface area contributed by atoms with Crippen molar-refractivity contribution in [2.75, 3.05) is 5.33 Å². The zero-order chi connectivity index (χ0) is 11.4. The molecule has 1 aromatic rings. The van der Waals surface area contributed by atoms with E-state index in [-0.39, 0.29) is 23.1 Å². The molecule has 80 valence electrons. The molecule has 0 heterocycles. The molecule has 0 saturated carbocycles. The molecule has 5 heteroatoms. The lowest BCUT2D eigenvalue weighted by molar-refractivity contribution is -0.115. The van der Waals surface area contributed by atoms with Crippen LogP contribution >= 0.6 is 31.9 Å². The monoisotopic (exact) mass is 334 g/mol. The molecule has 0 bridgehead atoms. The van der Waals surface area contributed by atoms with E-state index in [1.165, 1.54) is 6.07 Å². The summed E-state index contributed by atoms with van der Waals surface area (Å²) in [5.74, 6) is -1.06. The Hall–Kier alpha value is -0.680. The van der Waals surface area contributed by atoms with Gasteiger partial charge in [0.05, 0.1) is 10.9 Å². The average molecular weight is 336 g/mol. The van der Waals surface area contributed by atoms with Gasteiger partial charge in [0.1, 0.15) is 5.78 Å². The van der Waals surface area contributed by atoms with Crippen LogP contribution in [-0.4, -0.2) is 22.2 Å². The second-order valence-electron chi connectivity index (χ2n) is 2.96. The molecule has 0 fully saturated rings. The Morgan fingerprint density at radius 3 is 2.53 bits per heavy atom. The molecule has 1 N–H and O–H groups in total. The number of halogens is 2. The van der Waals surface area contributed by atoms with E-state index in [4.69, 9.17) is 5.11 Å². The summed E-state index contributed by atoms with van der Waals surface area (Å²) in [6, 6.07) is 4.87. The van der Waals surface area contributed by atoms with Gasteiger partial charge in [-0.3, -0.25) is 4.79 Å². The minimum atomic E-state index is -1.02. The van der Waals surface area contributed by atoms with E-state index in [0.29, 0.717) is 10.0 Å².